The van der Waals surface area contributed by atoms with Gasteiger partial charge in [0.2, 0.25) is 5.95 Å². The summed E-state index contributed by atoms with van der Waals surface area (Å²) >= 11 is 3.04. The van der Waals surface area contributed by atoms with Crippen LogP contribution in [-0.2, 0) is 4.74 Å². The molecule has 0 aliphatic rings. The molecule has 1 unspecified atom stereocenters. The first-order valence-electron chi connectivity index (χ1n) is 5.96. The summed E-state index contributed by atoms with van der Waals surface area (Å²) in [5.74, 6) is -1.02. The number of anilines is 2. The van der Waals surface area contributed by atoms with Crippen LogP contribution in [0.15, 0.2) is 29.0 Å². The van der Waals surface area contributed by atoms with E-state index in [1.54, 1.807) is 24.1 Å². The Balaban J connectivity index is 2.30. The summed E-state index contributed by atoms with van der Waals surface area (Å²) < 4.78 is 34.7. The van der Waals surface area contributed by atoms with Gasteiger partial charge in [-0.25, -0.2) is 13.8 Å². The Hall–Kier alpha value is -1.47. The molecule has 0 aliphatic carbocycles. The molecule has 1 aromatic carbocycles. The minimum absolute atomic E-state index is 0.00780. The zero-order valence-electron chi connectivity index (χ0n) is 11.0. The third-order valence-corrected chi connectivity index (χ3v) is 3.25. The van der Waals surface area contributed by atoms with Crippen LogP contribution in [0.2, 0.25) is 0 Å². The molecule has 1 atom stereocenters. The van der Waals surface area contributed by atoms with E-state index in [1.165, 1.54) is 12.1 Å². The predicted molar refractivity (Wildman–Crippen MR) is 76.2 cm³/mol. The Morgan fingerprint density at radius 3 is 2.65 bits per heavy atom. The van der Waals surface area contributed by atoms with E-state index in [4.69, 9.17) is 4.74 Å². The molecule has 20 heavy (non-hydrogen) atoms. The van der Waals surface area contributed by atoms with Crippen LogP contribution in [0, 0.1) is 11.6 Å². The van der Waals surface area contributed by atoms with E-state index in [2.05, 4.69) is 26.2 Å². The summed E-state index contributed by atoms with van der Waals surface area (Å²) in [4.78, 5) is 4.07. The molecule has 1 heterocycles. The van der Waals surface area contributed by atoms with Crippen LogP contribution < -0.4 is 5.32 Å². The van der Waals surface area contributed by atoms with E-state index in [-0.39, 0.29) is 11.7 Å². The molecule has 0 saturated carbocycles. The summed E-state index contributed by atoms with van der Waals surface area (Å²) in [7, 11) is 1.59. The number of hydrogen-bond donors (Lipinski definition) is 1. The molecule has 2 rings (SSSR count). The second kappa shape index (κ2) is 6.32. The maximum Gasteiger partial charge on any atom is 0.207 e. The normalized spacial score (nSPS) is 12.4. The van der Waals surface area contributed by atoms with Gasteiger partial charge in [-0.15, -0.1) is 0 Å². The van der Waals surface area contributed by atoms with Gasteiger partial charge in [0.1, 0.15) is 5.69 Å². The molecule has 4 nitrogen and oxygen atoms in total. The van der Waals surface area contributed by atoms with Gasteiger partial charge in [-0.05, 0) is 19.1 Å². The highest BCUT2D eigenvalue weighted by molar-refractivity contribution is 9.10. The lowest BCUT2D eigenvalue weighted by Crippen LogP contribution is -2.13. The number of halogens is 3. The Morgan fingerprint density at radius 2 is 2.05 bits per heavy atom. The number of methoxy groups -OCH3 is 1. The molecule has 0 aliphatic heterocycles. The second-order valence-corrected chi connectivity index (χ2v) is 5.25. The Bertz CT molecular complexity index is 580. The predicted octanol–water partition coefficient (Wildman–Crippen LogP) is 3.87. The molecule has 0 saturated heterocycles. The standard InChI is InChI=1S/C13H14BrF2N3O/c1-8(7-20-2)19-4-3-17-13(19)18-12-10(15)5-9(14)6-11(12)16/h3-6,8H,7H2,1-2H3,(H,17,18). The van der Waals surface area contributed by atoms with Gasteiger partial charge in [-0.2, -0.15) is 0 Å². The molecule has 0 amide bonds. The maximum atomic E-state index is 13.8. The molecule has 0 bridgehead atoms. The molecule has 108 valence electrons. The van der Waals surface area contributed by atoms with E-state index in [0.717, 1.165) is 0 Å². The van der Waals surface area contributed by atoms with Gasteiger partial charge >= 0.3 is 0 Å². The second-order valence-electron chi connectivity index (χ2n) is 4.33. The fraction of sp³-hybridized carbons (Fsp3) is 0.308. The lowest BCUT2D eigenvalue weighted by Gasteiger charge is -2.16. The minimum Gasteiger partial charge on any atom is -0.383 e. The molecular weight excluding hydrogens is 332 g/mol. The van der Waals surface area contributed by atoms with Gasteiger partial charge in [0, 0.05) is 24.0 Å². The van der Waals surface area contributed by atoms with Crippen molar-refractivity contribution in [3.05, 3.63) is 40.6 Å². The van der Waals surface area contributed by atoms with Gasteiger partial charge in [-0.3, -0.25) is 0 Å². The number of ether oxygens (including phenoxy) is 1. The van der Waals surface area contributed by atoms with Crippen LogP contribution in [0.1, 0.15) is 13.0 Å². The third-order valence-electron chi connectivity index (χ3n) is 2.80. The number of aromatic nitrogens is 2. The molecule has 1 N–H and O–H groups in total. The highest BCUT2D eigenvalue weighted by Crippen LogP contribution is 2.27. The molecule has 1 aromatic heterocycles. The first kappa shape index (κ1) is 14.9. The Labute approximate surface area is 123 Å². The number of nitrogens with zero attached hydrogens (tertiary/aromatic N) is 2. The van der Waals surface area contributed by atoms with Crippen LogP contribution in [0.4, 0.5) is 20.4 Å². The largest absolute Gasteiger partial charge is 0.383 e. The first-order valence-corrected chi connectivity index (χ1v) is 6.75. The first-order chi connectivity index (χ1) is 9.52. The smallest absolute Gasteiger partial charge is 0.207 e. The SMILES string of the molecule is COCC(C)n1ccnc1Nc1c(F)cc(Br)cc1F. The fourth-order valence-electron chi connectivity index (χ4n) is 1.86. The summed E-state index contributed by atoms with van der Waals surface area (Å²) in [6.45, 7) is 2.39. The van der Waals surface area contributed by atoms with Crippen LogP contribution in [0.25, 0.3) is 0 Å². The average molecular weight is 346 g/mol. The minimum atomic E-state index is -0.689. The summed E-state index contributed by atoms with van der Waals surface area (Å²) in [6.07, 6.45) is 3.28. The maximum absolute atomic E-state index is 13.8. The van der Waals surface area contributed by atoms with E-state index < -0.39 is 11.6 Å². The van der Waals surface area contributed by atoms with Gasteiger partial charge in [-0.1, -0.05) is 15.9 Å². The Morgan fingerprint density at radius 1 is 1.40 bits per heavy atom. The highest BCUT2D eigenvalue weighted by atomic mass is 79.9. The zero-order valence-corrected chi connectivity index (χ0v) is 12.6. The van der Waals surface area contributed by atoms with Crippen molar-refractivity contribution in [2.24, 2.45) is 0 Å². The summed E-state index contributed by atoms with van der Waals surface area (Å²) in [5, 5.41) is 2.68. The number of imidazole rings is 1. The Kier molecular flexibility index (Phi) is 4.72. The molecule has 2 aromatic rings. The van der Waals surface area contributed by atoms with E-state index in [1.807, 2.05) is 6.92 Å². The van der Waals surface area contributed by atoms with Crippen LogP contribution in [0.3, 0.4) is 0 Å². The third kappa shape index (κ3) is 3.16. The van der Waals surface area contributed by atoms with Crippen LogP contribution >= 0.6 is 15.9 Å². The van der Waals surface area contributed by atoms with Crippen molar-refractivity contribution in [1.29, 1.82) is 0 Å². The monoisotopic (exact) mass is 345 g/mol. The van der Waals surface area contributed by atoms with E-state index in [9.17, 15) is 8.78 Å². The van der Waals surface area contributed by atoms with Crippen molar-refractivity contribution in [2.45, 2.75) is 13.0 Å². The van der Waals surface area contributed by atoms with E-state index >= 15 is 0 Å². The molecule has 7 heteroatoms. The van der Waals surface area contributed by atoms with Gasteiger partial charge < -0.3 is 14.6 Å². The van der Waals surface area contributed by atoms with Gasteiger partial charge in [0.15, 0.2) is 11.6 Å². The van der Waals surface area contributed by atoms with Crippen molar-refractivity contribution in [3.8, 4) is 0 Å². The molecule has 0 spiro atoms. The van der Waals surface area contributed by atoms with Crippen LogP contribution in [-0.4, -0.2) is 23.3 Å². The van der Waals surface area contributed by atoms with Crippen molar-refractivity contribution in [2.75, 3.05) is 19.0 Å². The lowest BCUT2D eigenvalue weighted by molar-refractivity contribution is 0.163. The average Bonchev–Trinajstić information content (AvgIpc) is 2.82. The van der Waals surface area contributed by atoms with Crippen LogP contribution in [0.5, 0.6) is 0 Å². The zero-order chi connectivity index (χ0) is 14.7. The highest BCUT2D eigenvalue weighted by Gasteiger charge is 2.15. The van der Waals surface area contributed by atoms with Crippen molar-refractivity contribution < 1.29 is 13.5 Å². The van der Waals surface area contributed by atoms with E-state index in [0.29, 0.717) is 17.0 Å². The number of rotatable bonds is 5. The number of nitrogens with one attached hydrogen (secondary N) is 1. The lowest BCUT2D eigenvalue weighted by atomic mass is 10.3. The molecule has 0 fully saturated rings. The van der Waals surface area contributed by atoms with Crippen molar-refractivity contribution in [3.63, 3.8) is 0 Å². The quantitative estimate of drug-likeness (QED) is 0.893. The van der Waals surface area contributed by atoms with Crippen molar-refractivity contribution >= 4 is 27.6 Å². The molecule has 0 radical (unpaired) electrons. The number of benzene rings is 1. The summed E-state index contributed by atoms with van der Waals surface area (Å²) in [6, 6.07) is 2.38. The van der Waals surface area contributed by atoms with Crippen molar-refractivity contribution in [1.82, 2.24) is 9.55 Å². The van der Waals surface area contributed by atoms with Gasteiger partial charge in [0.05, 0.1) is 12.6 Å². The number of hydrogen-bond acceptors (Lipinski definition) is 3. The summed E-state index contributed by atoms with van der Waals surface area (Å²) in [5.41, 5.74) is -0.231. The topological polar surface area (TPSA) is 39.1 Å². The molecular formula is C13H14BrF2N3O. The van der Waals surface area contributed by atoms with Gasteiger partial charge in [0.25, 0.3) is 0 Å². The fourth-order valence-corrected chi connectivity index (χ4v) is 2.26.